The van der Waals surface area contributed by atoms with Gasteiger partial charge in [0.2, 0.25) is 0 Å². The van der Waals surface area contributed by atoms with Gasteiger partial charge >= 0.3 is 5.97 Å². The molecule has 73 valence electrons. The molecule has 0 aromatic heterocycles. The molecule has 0 heterocycles. The zero-order valence-electron chi connectivity index (χ0n) is 8.14. The van der Waals surface area contributed by atoms with Gasteiger partial charge in [0.05, 0.1) is 0 Å². The summed E-state index contributed by atoms with van der Waals surface area (Å²) in [6.45, 7) is 1.97. The standard InChI is InChI=1S/C12H13O2/c1-2-3-9-11(12(13)14)10-7-5-4-6-8-10/h3-9,11H,2H2,1H3/b9-3+. The van der Waals surface area contributed by atoms with Crippen LogP contribution in [0.5, 0.6) is 0 Å². The predicted molar refractivity (Wildman–Crippen MR) is 54.3 cm³/mol. The zero-order chi connectivity index (χ0) is 10.4. The maximum atomic E-state index is 10.8. The lowest BCUT2D eigenvalue weighted by Crippen LogP contribution is -2.07. The van der Waals surface area contributed by atoms with Crippen LogP contribution in [-0.2, 0) is 9.90 Å². The van der Waals surface area contributed by atoms with Crippen LogP contribution in [0.1, 0.15) is 24.8 Å². The van der Waals surface area contributed by atoms with Crippen LogP contribution in [0.25, 0.3) is 0 Å². The first-order valence-corrected chi connectivity index (χ1v) is 4.68. The summed E-state index contributed by atoms with van der Waals surface area (Å²) < 4.78 is 0. The van der Waals surface area contributed by atoms with E-state index in [1.807, 2.05) is 31.2 Å². The van der Waals surface area contributed by atoms with E-state index in [-0.39, 0.29) is 0 Å². The van der Waals surface area contributed by atoms with Gasteiger partial charge in [0.1, 0.15) is 5.92 Å². The Balaban J connectivity index is 2.89. The van der Waals surface area contributed by atoms with Gasteiger partial charge in [0, 0.05) is 0 Å². The summed E-state index contributed by atoms with van der Waals surface area (Å²) in [5.41, 5.74) is 0.761. The maximum absolute atomic E-state index is 10.8. The summed E-state index contributed by atoms with van der Waals surface area (Å²) in [4.78, 5) is 10.8. The molecule has 0 aliphatic carbocycles. The SMILES string of the molecule is CC/C=C/C(C([O])=O)c1ccccc1. The van der Waals surface area contributed by atoms with Crippen LogP contribution < -0.4 is 0 Å². The molecule has 0 saturated carbocycles. The van der Waals surface area contributed by atoms with Crippen LogP contribution in [0.4, 0.5) is 0 Å². The highest BCUT2D eigenvalue weighted by Gasteiger charge is 2.17. The van der Waals surface area contributed by atoms with E-state index in [1.165, 1.54) is 0 Å². The molecule has 1 radical (unpaired) electrons. The van der Waals surface area contributed by atoms with Crippen molar-refractivity contribution in [3.05, 3.63) is 48.0 Å². The van der Waals surface area contributed by atoms with Crippen LogP contribution >= 0.6 is 0 Å². The fraction of sp³-hybridized carbons (Fsp3) is 0.250. The van der Waals surface area contributed by atoms with Gasteiger partial charge in [-0.25, -0.2) is 9.90 Å². The molecular weight excluding hydrogens is 176 g/mol. The van der Waals surface area contributed by atoms with Crippen LogP contribution in [0.2, 0.25) is 0 Å². The minimum atomic E-state index is -1.05. The third-order valence-electron chi connectivity index (χ3n) is 1.98. The van der Waals surface area contributed by atoms with Crippen molar-refractivity contribution in [2.75, 3.05) is 0 Å². The van der Waals surface area contributed by atoms with Crippen molar-refractivity contribution < 1.29 is 9.90 Å². The summed E-state index contributed by atoms with van der Waals surface area (Å²) in [6.07, 6.45) is 4.34. The summed E-state index contributed by atoms with van der Waals surface area (Å²) >= 11 is 0. The average molecular weight is 189 g/mol. The van der Waals surface area contributed by atoms with E-state index in [0.29, 0.717) is 0 Å². The van der Waals surface area contributed by atoms with Crippen molar-refractivity contribution in [3.8, 4) is 0 Å². The molecule has 0 amide bonds. The number of allylic oxidation sites excluding steroid dienone is 1. The largest absolute Gasteiger partial charge is 0.366 e. The van der Waals surface area contributed by atoms with Crippen LogP contribution in [0.15, 0.2) is 42.5 Å². The molecule has 0 aliphatic heterocycles. The highest BCUT2D eigenvalue weighted by Crippen LogP contribution is 2.17. The second-order valence-electron chi connectivity index (χ2n) is 3.04. The number of rotatable bonds is 4. The number of hydrogen-bond acceptors (Lipinski definition) is 1. The number of benzene rings is 1. The van der Waals surface area contributed by atoms with Gasteiger partial charge in [-0.15, -0.1) is 0 Å². The molecule has 0 bridgehead atoms. The van der Waals surface area contributed by atoms with E-state index in [9.17, 15) is 9.90 Å². The fourth-order valence-electron chi connectivity index (χ4n) is 1.26. The Kier molecular flexibility index (Phi) is 3.92. The normalized spacial score (nSPS) is 12.9. The van der Waals surface area contributed by atoms with Crippen molar-refractivity contribution >= 4 is 5.97 Å². The van der Waals surface area contributed by atoms with Gasteiger partial charge in [-0.3, -0.25) is 0 Å². The van der Waals surface area contributed by atoms with E-state index in [0.717, 1.165) is 12.0 Å². The lowest BCUT2D eigenvalue weighted by molar-refractivity contribution is -0.143. The van der Waals surface area contributed by atoms with Crippen molar-refractivity contribution in [1.82, 2.24) is 0 Å². The Hall–Kier alpha value is -1.57. The van der Waals surface area contributed by atoms with Crippen molar-refractivity contribution in [2.24, 2.45) is 0 Å². The predicted octanol–water partition coefficient (Wildman–Crippen LogP) is 2.69. The van der Waals surface area contributed by atoms with Gasteiger partial charge in [-0.05, 0) is 12.0 Å². The highest BCUT2D eigenvalue weighted by atomic mass is 16.4. The minimum Gasteiger partial charge on any atom is -0.246 e. The molecule has 0 saturated heterocycles. The van der Waals surface area contributed by atoms with Gasteiger partial charge in [0.25, 0.3) is 0 Å². The van der Waals surface area contributed by atoms with E-state index in [4.69, 9.17) is 0 Å². The van der Waals surface area contributed by atoms with Crippen molar-refractivity contribution in [1.29, 1.82) is 0 Å². The lowest BCUT2D eigenvalue weighted by Gasteiger charge is -2.05. The van der Waals surface area contributed by atoms with E-state index in [1.54, 1.807) is 18.2 Å². The summed E-state index contributed by atoms with van der Waals surface area (Å²) in [5, 5.41) is 10.8. The second-order valence-corrected chi connectivity index (χ2v) is 3.04. The van der Waals surface area contributed by atoms with Crippen LogP contribution in [0, 0.1) is 0 Å². The molecule has 0 spiro atoms. The van der Waals surface area contributed by atoms with E-state index >= 15 is 0 Å². The summed E-state index contributed by atoms with van der Waals surface area (Å²) in [7, 11) is 0. The quantitative estimate of drug-likeness (QED) is 0.671. The van der Waals surface area contributed by atoms with Gasteiger partial charge in [-0.2, -0.15) is 0 Å². The van der Waals surface area contributed by atoms with Gasteiger partial charge in [0.15, 0.2) is 0 Å². The molecule has 0 fully saturated rings. The number of carbonyl (C=O) groups excluding carboxylic acids is 1. The molecule has 1 atom stereocenters. The third kappa shape index (κ3) is 2.73. The van der Waals surface area contributed by atoms with E-state index in [2.05, 4.69) is 0 Å². The molecule has 1 aromatic rings. The Labute approximate surface area is 83.9 Å². The lowest BCUT2D eigenvalue weighted by atomic mass is 9.99. The van der Waals surface area contributed by atoms with E-state index < -0.39 is 11.9 Å². The minimum absolute atomic E-state index is 0.629. The van der Waals surface area contributed by atoms with Crippen LogP contribution in [0.3, 0.4) is 0 Å². The Morgan fingerprint density at radius 3 is 2.50 bits per heavy atom. The number of hydrogen-bond donors (Lipinski definition) is 0. The molecule has 1 unspecified atom stereocenters. The zero-order valence-corrected chi connectivity index (χ0v) is 8.14. The molecule has 0 aliphatic rings. The molecule has 1 aromatic carbocycles. The summed E-state index contributed by atoms with van der Waals surface area (Å²) in [6, 6.07) is 9.09. The fourth-order valence-corrected chi connectivity index (χ4v) is 1.26. The smallest absolute Gasteiger partial charge is 0.246 e. The molecule has 14 heavy (non-hydrogen) atoms. The van der Waals surface area contributed by atoms with Crippen LogP contribution in [-0.4, -0.2) is 5.97 Å². The van der Waals surface area contributed by atoms with Gasteiger partial charge < -0.3 is 0 Å². The first kappa shape index (κ1) is 10.5. The monoisotopic (exact) mass is 189 g/mol. The Morgan fingerprint density at radius 1 is 1.36 bits per heavy atom. The first-order chi connectivity index (χ1) is 6.75. The molecule has 2 nitrogen and oxygen atoms in total. The number of carbonyl (C=O) groups is 1. The third-order valence-corrected chi connectivity index (χ3v) is 1.98. The molecule has 0 N–H and O–H groups in total. The molecule has 1 rings (SSSR count). The molecular formula is C12H13O2. The maximum Gasteiger partial charge on any atom is 0.366 e. The average Bonchev–Trinajstić information content (AvgIpc) is 2.19. The Bertz CT molecular complexity index is 314. The highest BCUT2D eigenvalue weighted by molar-refractivity contribution is 5.78. The Morgan fingerprint density at radius 2 is 2.00 bits per heavy atom. The topological polar surface area (TPSA) is 37.0 Å². The van der Waals surface area contributed by atoms with Crippen molar-refractivity contribution in [2.45, 2.75) is 19.3 Å². The first-order valence-electron chi connectivity index (χ1n) is 4.68. The summed E-state index contributed by atoms with van der Waals surface area (Å²) in [5.74, 6) is -1.68. The second kappa shape index (κ2) is 5.22. The van der Waals surface area contributed by atoms with Gasteiger partial charge in [-0.1, -0.05) is 49.4 Å². The molecule has 2 heteroatoms. The van der Waals surface area contributed by atoms with Crippen molar-refractivity contribution in [3.63, 3.8) is 0 Å².